The Labute approximate surface area is 135 Å². The summed E-state index contributed by atoms with van der Waals surface area (Å²) in [6.45, 7) is 2.37. The van der Waals surface area contributed by atoms with Gasteiger partial charge in [-0.25, -0.2) is 4.39 Å². The maximum atomic E-state index is 13.1. The molecule has 0 atom stereocenters. The second-order valence-corrected chi connectivity index (χ2v) is 5.42. The predicted molar refractivity (Wildman–Crippen MR) is 84.7 cm³/mol. The molecule has 21 heavy (non-hydrogen) atoms. The number of rotatable bonds is 4. The summed E-state index contributed by atoms with van der Waals surface area (Å²) in [5.74, 6) is -0.215. The fourth-order valence-corrected chi connectivity index (χ4v) is 2.31. The molecule has 0 aliphatic rings. The van der Waals surface area contributed by atoms with Gasteiger partial charge < -0.3 is 10.1 Å². The first kappa shape index (κ1) is 15.8. The summed E-state index contributed by atoms with van der Waals surface area (Å²) >= 11 is 9.10. The second kappa shape index (κ2) is 6.91. The predicted octanol–water partition coefficient (Wildman–Crippen LogP) is 4.89. The Morgan fingerprint density at radius 3 is 2.71 bits per heavy atom. The fraction of sp³-hybridized carbons (Fsp3) is 0.133. The lowest BCUT2D eigenvalue weighted by molar-refractivity contribution is 0.102. The number of benzene rings is 2. The molecule has 2 aromatic carbocycles. The molecule has 6 heteroatoms. The smallest absolute Gasteiger partial charge is 0.255 e. The number of carbonyl (C=O) groups is 1. The molecule has 0 fully saturated rings. The number of carbonyl (C=O) groups excluding carboxylic acids is 1. The van der Waals surface area contributed by atoms with E-state index in [0.29, 0.717) is 28.6 Å². The van der Waals surface area contributed by atoms with E-state index in [1.165, 1.54) is 18.2 Å². The van der Waals surface area contributed by atoms with Crippen molar-refractivity contribution in [1.29, 1.82) is 0 Å². The Balaban J connectivity index is 2.15. The molecular formula is C15H12BrClFNO2. The van der Waals surface area contributed by atoms with Gasteiger partial charge in [0.15, 0.2) is 0 Å². The minimum Gasteiger partial charge on any atom is -0.492 e. The summed E-state index contributed by atoms with van der Waals surface area (Å²) in [5, 5.41) is 3.10. The third-order valence-electron chi connectivity index (χ3n) is 2.67. The van der Waals surface area contributed by atoms with Crippen LogP contribution in [0.3, 0.4) is 0 Å². The van der Waals surface area contributed by atoms with Crippen LogP contribution in [0.4, 0.5) is 10.1 Å². The van der Waals surface area contributed by atoms with Crippen molar-refractivity contribution in [1.82, 2.24) is 0 Å². The lowest BCUT2D eigenvalue weighted by atomic mass is 10.2. The van der Waals surface area contributed by atoms with Gasteiger partial charge in [-0.1, -0.05) is 11.6 Å². The van der Waals surface area contributed by atoms with Gasteiger partial charge in [-0.15, -0.1) is 0 Å². The van der Waals surface area contributed by atoms with Crippen LogP contribution in [0.2, 0.25) is 5.02 Å². The van der Waals surface area contributed by atoms with Crippen LogP contribution in [0.1, 0.15) is 17.3 Å². The molecule has 0 radical (unpaired) electrons. The van der Waals surface area contributed by atoms with Gasteiger partial charge in [0.05, 0.1) is 16.1 Å². The molecule has 2 aromatic rings. The van der Waals surface area contributed by atoms with Crippen molar-refractivity contribution in [2.24, 2.45) is 0 Å². The highest BCUT2D eigenvalue weighted by Crippen LogP contribution is 2.28. The van der Waals surface area contributed by atoms with Gasteiger partial charge in [-0.3, -0.25) is 4.79 Å². The molecule has 1 N–H and O–H groups in total. The molecule has 0 saturated carbocycles. The van der Waals surface area contributed by atoms with E-state index >= 15 is 0 Å². The maximum Gasteiger partial charge on any atom is 0.255 e. The molecule has 2 rings (SSSR count). The SMILES string of the molecule is CCOc1ccc(NC(=O)c2ccc(F)c(Br)c2)cc1Cl. The maximum absolute atomic E-state index is 13.1. The molecule has 0 unspecified atom stereocenters. The zero-order valence-electron chi connectivity index (χ0n) is 11.1. The average molecular weight is 373 g/mol. The molecule has 110 valence electrons. The number of anilines is 1. The average Bonchev–Trinajstić information content (AvgIpc) is 2.45. The number of ether oxygens (including phenoxy) is 1. The number of hydrogen-bond donors (Lipinski definition) is 1. The Hall–Kier alpha value is -1.59. The Morgan fingerprint density at radius 1 is 1.33 bits per heavy atom. The summed E-state index contributed by atoms with van der Waals surface area (Å²) in [6.07, 6.45) is 0. The Morgan fingerprint density at radius 2 is 2.10 bits per heavy atom. The normalized spacial score (nSPS) is 10.3. The molecule has 0 heterocycles. The largest absolute Gasteiger partial charge is 0.492 e. The Bertz CT molecular complexity index is 679. The highest BCUT2D eigenvalue weighted by Gasteiger charge is 2.10. The summed E-state index contributed by atoms with van der Waals surface area (Å²) < 4.78 is 18.7. The number of amides is 1. The van der Waals surface area contributed by atoms with Crippen molar-refractivity contribution in [3.05, 3.63) is 57.3 Å². The molecule has 0 bridgehead atoms. The molecule has 0 aliphatic carbocycles. The third-order valence-corrected chi connectivity index (χ3v) is 3.57. The minimum atomic E-state index is -0.421. The van der Waals surface area contributed by atoms with Crippen LogP contribution in [-0.2, 0) is 0 Å². The first-order chi connectivity index (χ1) is 10.0. The minimum absolute atomic E-state index is 0.236. The van der Waals surface area contributed by atoms with Crippen LogP contribution in [0.15, 0.2) is 40.9 Å². The lowest BCUT2D eigenvalue weighted by Crippen LogP contribution is -2.12. The van der Waals surface area contributed by atoms with Crippen LogP contribution in [0.5, 0.6) is 5.75 Å². The third kappa shape index (κ3) is 3.95. The van der Waals surface area contributed by atoms with Gasteiger partial charge in [0.1, 0.15) is 11.6 Å². The number of hydrogen-bond acceptors (Lipinski definition) is 2. The van der Waals surface area contributed by atoms with Crippen LogP contribution >= 0.6 is 27.5 Å². The van der Waals surface area contributed by atoms with Gasteiger partial charge in [-0.05, 0) is 59.3 Å². The van der Waals surface area contributed by atoms with Crippen LogP contribution < -0.4 is 10.1 Å². The summed E-state index contributed by atoms with van der Waals surface area (Å²) in [7, 11) is 0. The highest BCUT2D eigenvalue weighted by atomic mass is 79.9. The first-order valence-corrected chi connectivity index (χ1v) is 7.37. The van der Waals surface area contributed by atoms with Gasteiger partial charge in [-0.2, -0.15) is 0 Å². The summed E-state index contributed by atoms with van der Waals surface area (Å²) in [5.41, 5.74) is 0.877. The summed E-state index contributed by atoms with van der Waals surface area (Å²) in [6, 6.07) is 9.02. The van der Waals surface area contributed by atoms with Gasteiger partial charge in [0.2, 0.25) is 0 Å². The first-order valence-electron chi connectivity index (χ1n) is 6.20. The molecule has 0 spiro atoms. The van der Waals surface area contributed by atoms with Crippen molar-refractivity contribution in [3.8, 4) is 5.75 Å². The molecule has 1 amide bonds. The van der Waals surface area contributed by atoms with Crippen molar-refractivity contribution < 1.29 is 13.9 Å². The van der Waals surface area contributed by atoms with Crippen molar-refractivity contribution in [3.63, 3.8) is 0 Å². The molecule has 0 aliphatic heterocycles. The van der Waals surface area contributed by atoms with Crippen molar-refractivity contribution in [2.45, 2.75) is 6.92 Å². The van der Waals surface area contributed by atoms with Gasteiger partial charge in [0.25, 0.3) is 5.91 Å². The van der Waals surface area contributed by atoms with Gasteiger partial charge in [0, 0.05) is 11.3 Å². The van der Waals surface area contributed by atoms with Crippen molar-refractivity contribution in [2.75, 3.05) is 11.9 Å². The monoisotopic (exact) mass is 371 g/mol. The standard InChI is InChI=1S/C15H12BrClFNO2/c1-2-21-14-6-4-10(8-12(14)17)19-15(20)9-3-5-13(18)11(16)7-9/h3-8H,2H2,1H3,(H,19,20). The van der Waals surface area contributed by atoms with E-state index < -0.39 is 5.82 Å². The van der Waals surface area contributed by atoms with E-state index in [4.69, 9.17) is 16.3 Å². The van der Waals surface area contributed by atoms with Crippen molar-refractivity contribution >= 4 is 39.1 Å². The number of nitrogens with one attached hydrogen (secondary N) is 1. The van der Waals surface area contributed by atoms with E-state index in [2.05, 4.69) is 21.2 Å². The van der Waals surface area contributed by atoms with Crippen LogP contribution in [0.25, 0.3) is 0 Å². The van der Waals surface area contributed by atoms with E-state index in [1.54, 1.807) is 18.2 Å². The molecule has 3 nitrogen and oxygen atoms in total. The fourth-order valence-electron chi connectivity index (χ4n) is 1.69. The number of halogens is 3. The van der Waals surface area contributed by atoms with E-state index in [9.17, 15) is 9.18 Å². The Kier molecular flexibility index (Phi) is 5.20. The topological polar surface area (TPSA) is 38.3 Å². The van der Waals surface area contributed by atoms with E-state index in [0.717, 1.165) is 0 Å². The highest BCUT2D eigenvalue weighted by molar-refractivity contribution is 9.10. The van der Waals surface area contributed by atoms with Gasteiger partial charge >= 0.3 is 0 Å². The zero-order chi connectivity index (χ0) is 15.4. The van der Waals surface area contributed by atoms with Crippen LogP contribution in [-0.4, -0.2) is 12.5 Å². The van der Waals surface area contributed by atoms with E-state index in [-0.39, 0.29) is 10.4 Å². The summed E-state index contributed by atoms with van der Waals surface area (Å²) in [4.78, 5) is 12.1. The zero-order valence-corrected chi connectivity index (χ0v) is 13.5. The lowest BCUT2D eigenvalue weighted by Gasteiger charge is -2.09. The second-order valence-electron chi connectivity index (χ2n) is 4.16. The van der Waals surface area contributed by atoms with E-state index in [1.807, 2.05) is 6.92 Å². The van der Waals surface area contributed by atoms with Crippen LogP contribution in [0, 0.1) is 5.82 Å². The molecule has 0 aromatic heterocycles. The quantitative estimate of drug-likeness (QED) is 0.829. The molecular weight excluding hydrogens is 361 g/mol. The molecule has 0 saturated heterocycles.